The topological polar surface area (TPSA) is 79.3 Å². The first kappa shape index (κ1) is 19.3. The van der Waals surface area contributed by atoms with Gasteiger partial charge in [-0.1, -0.05) is 0 Å². The van der Waals surface area contributed by atoms with Crippen molar-refractivity contribution in [3.05, 3.63) is 17.0 Å². The highest BCUT2D eigenvalue weighted by molar-refractivity contribution is 5.87. The summed E-state index contributed by atoms with van der Waals surface area (Å²) in [6.07, 6.45) is 3.23. The van der Waals surface area contributed by atoms with Crippen molar-refractivity contribution in [2.75, 3.05) is 6.54 Å². The SMILES string of the molecule is CCn1nc(C)c(CNC(=O)N[C@H](C)C(=O)N2CCCC[C@H]2C)c1C. The van der Waals surface area contributed by atoms with Crippen LogP contribution in [0.1, 0.15) is 57.0 Å². The average molecular weight is 349 g/mol. The second-order valence-corrected chi connectivity index (χ2v) is 6.89. The first-order valence-corrected chi connectivity index (χ1v) is 9.22. The molecule has 140 valence electrons. The molecule has 1 aliphatic rings. The summed E-state index contributed by atoms with van der Waals surface area (Å²) in [6, 6.07) is -0.603. The van der Waals surface area contributed by atoms with Gasteiger partial charge in [0.25, 0.3) is 0 Å². The van der Waals surface area contributed by atoms with Crippen LogP contribution < -0.4 is 10.6 Å². The first-order valence-electron chi connectivity index (χ1n) is 9.22. The molecule has 2 atom stereocenters. The third-order valence-electron chi connectivity index (χ3n) is 5.06. The standard InChI is InChI=1S/C18H31N5O2/c1-6-23-15(5)16(13(3)21-23)11-19-18(25)20-14(4)17(24)22-10-8-7-9-12(22)2/h12,14H,6-11H2,1-5H3,(H2,19,20,25)/t12-,14-/m1/s1. The third-order valence-corrected chi connectivity index (χ3v) is 5.06. The number of hydrogen-bond acceptors (Lipinski definition) is 3. The number of aryl methyl sites for hydroxylation is 2. The molecule has 0 spiro atoms. The largest absolute Gasteiger partial charge is 0.338 e. The van der Waals surface area contributed by atoms with E-state index in [1.165, 1.54) is 0 Å². The number of carbonyl (C=O) groups excluding carboxylic acids is 2. The number of piperidine rings is 1. The lowest BCUT2D eigenvalue weighted by molar-refractivity contribution is -0.136. The number of urea groups is 1. The van der Waals surface area contributed by atoms with E-state index in [-0.39, 0.29) is 18.0 Å². The molecule has 1 saturated heterocycles. The Balaban J connectivity index is 1.87. The first-order chi connectivity index (χ1) is 11.8. The molecule has 7 nitrogen and oxygen atoms in total. The zero-order chi connectivity index (χ0) is 18.6. The van der Waals surface area contributed by atoms with Crippen molar-refractivity contribution >= 4 is 11.9 Å². The fourth-order valence-electron chi connectivity index (χ4n) is 3.45. The minimum Gasteiger partial charge on any atom is -0.338 e. The number of amides is 3. The molecule has 3 amide bonds. The Kier molecular flexibility index (Phi) is 6.45. The van der Waals surface area contributed by atoms with Crippen molar-refractivity contribution in [2.45, 2.75) is 79.1 Å². The van der Waals surface area contributed by atoms with E-state index < -0.39 is 6.04 Å². The van der Waals surface area contributed by atoms with Gasteiger partial charge in [-0.05, 0) is 53.9 Å². The third kappa shape index (κ3) is 4.52. The number of hydrogen-bond donors (Lipinski definition) is 2. The smallest absolute Gasteiger partial charge is 0.315 e. The molecule has 1 aromatic rings. The maximum atomic E-state index is 12.5. The lowest BCUT2D eigenvalue weighted by Gasteiger charge is -2.35. The highest BCUT2D eigenvalue weighted by Gasteiger charge is 2.27. The molecule has 0 bridgehead atoms. The molecule has 7 heteroatoms. The summed E-state index contributed by atoms with van der Waals surface area (Å²) in [5.74, 6) is -0.00601. The Hall–Kier alpha value is -2.05. The van der Waals surface area contributed by atoms with Gasteiger partial charge in [0.15, 0.2) is 0 Å². The summed E-state index contributed by atoms with van der Waals surface area (Å²) in [6.45, 7) is 11.8. The zero-order valence-corrected chi connectivity index (χ0v) is 16.1. The van der Waals surface area contributed by atoms with Crippen molar-refractivity contribution < 1.29 is 9.59 Å². The second kappa shape index (κ2) is 8.36. The number of likely N-dealkylation sites (tertiary alicyclic amines) is 1. The Bertz CT molecular complexity index is 625. The summed E-state index contributed by atoms with van der Waals surface area (Å²) in [5, 5.41) is 10.1. The molecule has 2 heterocycles. The van der Waals surface area contributed by atoms with Crippen molar-refractivity contribution in [2.24, 2.45) is 0 Å². The van der Waals surface area contributed by atoms with E-state index in [0.29, 0.717) is 6.54 Å². The number of nitrogens with one attached hydrogen (secondary N) is 2. The molecule has 1 fully saturated rings. The van der Waals surface area contributed by atoms with Gasteiger partial charge in [0.2, 0.25) is 5.91 Å². The highest BCUT2D eigenvalue weighted by Crippen LogP contribution is 2.17. The van der Waals surface area contributed by atoms with Crippen LogP contribution >= 0.6 is 0 Å². The van der Waals surface area contributed by atoms with Crippen molar-refractivity contribution in [1.29, 1.82) is 0 Å². The van der Waals surface area contributed by atoms with Crippen LogP contribution in [0.15, 0.2) is 0 Å². The maximum absolute atomic E-state index is 12.5. The van der Waals surface area contributed by atoms with Gasteiger partial charge in [0.05, 0.1) is 5.69 Å². The van der Waals surface area contributed by atoms with Gasteiger partial charge in [-0.15, -0.1) is 0 Å². The van der Waals surface area contributed by atoms with Gasteiger partial charge in [-0.25, -0.2) is 4.79 Å². The average Bonchev–Trinajstić information content (AvgIpc) is 2.86. The molecule has 2 rings (SSSR count). The molecule has 25 heavy (non-hydrogen) atoms. The van der Waals surface area contributed by atoms with Gasteiger partial charge in [0, 0.05) is 36.9 Å². The van der Waals surface area contributed by atoms with E-state index in [4.69, 9.17) is 0 Å². The molecule has 0 unspecified atom stereocenters. The molecule has 0 saturated carbocycles. The summed E-state index contributed by atoms with van der Waals surface area (Å²) in [4.78, 5) is 26.6. The maximum Gasteiger partial charge on any atom is 0.315 e. The van der Waals surface area contributed by atoms with E-state index in [2.05, 4.69) is 22.7 Å². The number of carbonyl (C=O) groups is 2. The lowest BCUT2D eigenvalue weighted by Crippen LogP contribution is -2.53. The summed E-state index contributed by atoms with van der Waals surface area (Å²) in [7, 11) is 0. The zero-order valence-electron chi connectivity index (χ0n) is 16.1. The van der Waals surface area contributed by atoms with Crippen LogP contribution in [0.2, 0.25) is 0 Å². The summed E-state index contributed by atoms with van der Waals surface area (Å²) < 4.78 is 1.92. The van der Waals surface area contributed by atoms with Crippen LogP contribution in [0.4, 0.5) is 4.79 Å². The van der Waals surface area contributed by atoms with Gasteiger partial charge in [-0.2, -0.15) is 5.10 Å². The summed E-state index contributed by atoms with van der Waals surface area (Å²) >= 11 is 0. The lowest BCUT2D eigenvalue weighted by atomic mass is 10.0. The van der Waals surface area contributed by atoms with Crippen molar-refractivity contribution in [3.63, 3.8) is 0 Å². The molecule has 2 N–H and O–H groups in total. The van der Waals surface area contributed by atoms with Crippen LogP contribution in [-0.4, -0.2) is 45.2 Å². The summed E-state index contributed by atoms with van der Waals surface area (Å²) in [5.41, 5.74) is 3.01. The molecule has 1 aromatic heterocycles. The van der Waals surface area contributed by atoms with Gasteiger partial charge in [0.1, 0.15) is 6.04 Å². The van der Waals surface area contributed by atoms with E-state index in [1.54, 1.807) is 6.92 Å². The van der Waals surface area contributed by atoms with Crippen LogP contribution in [-0.2, 0) is 17.9 Å². The minimum absolute atomic E-state index is 0.00601. The van der Waals surface area contributed by atoms with Crippen molar-refractivity contribution in [1.82, 2.24) is 25.3 Å². The Morgan fingerprint density at radius 3 is 2.64 bits per heavy atom. The predicted octanol–water partition coefficient (Wildman–Crippen LogP) is 2.11. The fraction of sp³-hybridized carbons (Fsp3) is 0.722. The van der Waals surface area contributed by atoms with E-state index in [1.807, 2.05) is 30.4 Å². The predicted molar refractivity (Wildman–Crippen MR) is 97.2 cm³/mol. The van der Waals surface area contributed by atoms with Gasteiger partial charge >= 0.3 is 6.03 Å². The Morgan fingerprint density at radius 2 is 2.04 bits per heavy atom. The van der Waals surface area contributed by atoms with E-state index in [0.717, 1.165) is 49.3 Å². The monoisotopic (exact) mass is 349 g/mol. The molecular weight excluding hydrogens is 318 g/mol. The minimum atomic E-state index is -0.527. The van der Waals surface area contributed by atoms with Crippen LogP contribution in [0, 0.1) is 13.8 Å². The Labute approximate surface area is 150 Å². The number of rotatable bonds is 5. The van der Waals surface area contributed by atoms with Crippen molar-refractivity contribution in [3.8, 4) is 0 Å². The molecule has 0 aliphatic carbocycles. The quantitative estimate of drug-likeness (QED) is 0.854. The highest BCUT2D eigenvalue weighted by atomic mass is 16.2. The second-order valence-electron chi connectivity index (χ2n) is 6.89. The van der Waals surface area contributed by atoms with Crippen LogP contribution in [0.5, 0.6) is 0 Å². The van der Waals surface area contributed by atoms with Gasteiger partial charge in [-0.3, -0.25) is 9.48 Å². The molecule has 1 aliphatic heterocycles. The number of aromatic nitrogens is 2. The van der Waals surface area contributed by atoms with Gasteiger partial charge < -0.3 is 15.5 Å². The fourth-order valence-corrected chi connectivity index (χ4v) is 3.45. The van der Waals surface area contributed by atoms with Crippen LogP contribution in [0.3, 0.4) is 0 Å². The number of nitrogens with zero attached hydrogens (tertiary/aromatic N) is 3. The normalized spacial score (nSPS) is 18.8. The van der Waals surface area contributed by atoms with E-state index >= 15 is 0 Å². The molecule has 0 aromatic carbocycles. The Morgan fingerprint density at radius 1 is 1.32 bits per heavy atom. The van der Waals surface area contributed by atoms with Crippen LogP contribution in [0.25, 0.3) is 0 Å². The molecule has 0 radical (unpaired) electrons. The molecular formula is C18H31N5O2. The van der Waals surface area contributed by atoms with E-state index in [9.17, 15) is 9.59 Å².